The van der Waals surface area contributed by atoms with Crippen LogP contribution in [0.2, 0.25) is 0 Å². The van der Waals surface area contributed by atoms with Crippen molar-refractivity contribution in [2.75, 3.05) is 54.9 Å². The second-order valence-corrected chi connectivity index (χ2v) is 15.7. The summed E-state index contributed by atoms with van der Waals surface area (Å²) in [6.45, 7) is 19.5. The van der Waals surface area contributed by atoms with Crippen molar-refractivity contribution in [2.24, 2.45) is 12.5 Å². The lowest BCUT2D eigenvalue weighted by molar-refractivity contribution is -0.111. The number of morpholine rings is 1. The molecule has 0 saturated carbocycles. The molecule has 12 heteroatoms. The number of hydrogen-bond donors (Lipinski definition) is 2. The summed E-state index contributed by atoms with van der Waals surface area (Å²) in [5, 5.41) is 6.20. The van der Waals surface area contributed by atoms with Crippen LogP contribution < -0.4 is 21.1 Å². The van der Waals surface area contributed by atoms with Crippen LogP contribution in [0.15, 0.2) is 60.2 Å². The highest BCUT2D eigenvalue weighted by atomic mass is 16.5. The highest BCUT2D eigenvalue weighted by Crippen LogP contribution is 2.40. The van der Waals surface area contributed by atoms with Crippen molar-refractivity contribution in [1.82, 2.24) is 24.0 Å². The SMILES string of the molecule is C=CC(=O)Nc1cc(Nc2nc(-c3ccnc(N4CCn5c(cc6c5CC(C)(C)C6)C4=O)c3C)cn(C)c2=O)ccc1C(C)(C)CN1CCOCC1. The molecule has 0 bridgehead atoms. The minimum Gasteiger partial charge on any atom is -0.379 e. The maximum Gasteiger partial charge on any atom is 0.293 e. The van der Waals surface area contributed by atoms with Gasteiger partial charge in [0.25, 0.3) is 11.5 Å². The van der Waals surface area contributed by atoms with Crippen molar-refractivity contribution in [3.63, 3.8) is 0 Å². The molecule has 272 valence electrons. The van der Waals surface area contributed by atoms with E-state index in [1.54, 1.807) is 24.3 Å². The topological polar surface area (TPSA) is 127 Å². The lowest BCUT2D eigenvalue weighted by atomic mass is 9.82. The van der Waals surface area contributed by atoms with E-state index >= 15 is 0 Å². The first-order chi connectivity index (χ1) is 24.7. The number of aryl methyl sites for hydroxylation is 1. The molecule has 2 aliphatic heterocycles. The van der Waals surface area contributed by atoms with Crippen LogP contribution >= 0.6 is 0 Å². The van der Waals surface area contributed by atoms with Crippen LogP contribution in [-0.4, -0.2) is 75.2 Å². The molecule has 3 aromatic heterocycles. The predicted molar refractivity (Wildman–Crippen MR) is 204 cm³/mol. The molecule has 4 aromatic rings. The van der Waals surface area contributed by atoms with E-state index in [0.717, 1.165) is 49.2 Å². The summed E-state index contributed by atoms with van der Waals surface area (Å²) >= 11 is 0. The molecule has 3 aliphatic rings. The number of nitrogens with one attached hydrogen (secondary N) is 2. The van der Waals surface area contributed by atoms with E-state index in [4.69, 9.17) is 9.72 Å². The van der Waals surface area contributed by atoms with Gasteiger partial charge >= 0.3 is 0 Å². The van der Waals surface area contributed by atoms with Crippen molar-refractivity contribution in [3.8, 4) is 11.3 Å². The van der Waals surface area contributed by atoms with E-state index in [9.17, 15) is 14.4 Å². The first-order valence-electron chi connectivity index (χ1n) is 18.0. The average molecular weight is 705 g/mol. The summed E-state index contributed by atoms with van der Waals surface area (Å²) in [4.78, 5) is 53.5. The number of carbonyl (C=O) groups is 2. The van der Waals surface area contributed by atoms with Crippen LogP contribution in [0.1, 0.15) is 60.6 Å². The first-order valence-corrected chi connectivity index (χ1v) is 18.0. The first kappa shape index (κ1) is 35.3. The molecule has 0 spiro atoms. The molecule has 1 aliphatic carbocycles. The smallest absolute Gasteiger partial charge is 0.293 e. The summed E-state index contributed by atoms with van der Waals surface area (Å²) in [7, 11) is 1.69. The Morgan fingerprint density at radius 2 is 1.85 bits per heavy atom. The fraction of sp³-hybridized carbons (Fsp3) is 0.425. The monoisotopic (exact) mass is 704 g/mol. The van der Waals surface area contributed by atoms with Crippen molar-refractivity contribution < 1.29 is 14.3 Å². The van der Waals surface area contributed by atoms with Crippen LogP contribution in [0.4, 0.5) is 23.0 Å². The Morgan fingerprint density at radius 1 is 1.08 bits per heavy atom. The van der Waals surface area contributed by atoms with Gasteiger partial charge in [-0.25, -0.2) is 9.97 Å². The molecule has 1 fully saturated rings. The predicted octanol–water partition coefficient (Wildman–Crippen LogP) is 5.22. The van der Waals surface area contributed by atoms with Gasteiger partial charge in [0.15, 0.2) is 5.82 Å². The Balaban J connectivity index is 1.18. The van der Waals surface area contributed by atoms with Gasteiger partial charge in [-0.1, -0.05) is 40.3 Å². The van der Waals surface area contributed by atoms with Crippen molar-refractivity contribution in [1.29, 1.82) is 0 Å². The van der Waals surface area contributed by atoms with Gasteiger partial charge in [0.2, 0.25) is 5.91 Å². The number of aromatic nitrogens is 4. The number of pyridine rings is 1. The highest BCUT2D eigenvalue weighted by molar-refractivity contribution is 6.06. The number of amides is 2. The Bertz CT molecular complexity index is 2140. The van der Waals surface area contributed by atoms with E-state index in [0.29, 0.717) is 54.9 Å². The average Bonchev–Trinajstić information content (AvgIpc) is 3.59. The summed E-state index contributed by atoms with van der Waals surface area (Å²) in [6.07, 6.45) is 6.57. The molecular weight excluding hydrogens is 656 g/mol. The third-order valence-electron chi connectivity index (χ3n) is 10.6. The molecule has 2 amide bonds. The molecular formula is C40H48N8O4. The van der Waals surface area contributed by atoms with E-state index in [1.807, 2.05) is 31.2 Å². The van der Waals surface area contributed by atoms with E-state index < -0.39 is 0 Å². The lowest BCUT2D eigenvalue weighted by Crippen LogP contribution is -2.43. The van der Waals surface area contributed by atoms with Crippen molar-refractivity contribution in [2.45, 2.75) is 59.4 Å². The minimum atomic E-state index is -0.325. The standard InChI is InChI=1S/C40H48N8O4/c1-8-34(49)43-30-20-27(9-10-29(30)40(5,6)24-46-15-17-52-18-16-46)42-35-38(51)45(7)23-31(44-35)28-11-12-41-36(25(28)2)48-14-13-47-32(37(48)50)19-26-21-39(3,4)22-33(26)47/h8-12,19-20,23H,1,13-18,21-22,24H2,2-7H3,(H,42,44)(H,43,49). The summed E-state index contributed by atoms with van der Waals surface area (Å²) in [6, 6.07) is 9.64. The number of carbonyl (C=O) groups excluding carboxylic acids is 2. The van der Waals surface area contributed by atoms with Gasteiger partial charge in [-0.05, 0) is 66.6 Å². The molecule has 7 rings (SSSR count). The number of ether oxygens (including phenoxy) is 1. The molecule has 0 unspecified atom stereocenters. The van der Waals surface area contributed by atoms with Crippen molar-refractivity contribution >= 4 is 34.8 Å². The van der Waals surface area contributed by atoms with E-state index in [-0.39, 0.29) is 34.0 Å². The summed E-state index contributed by atoms with van der Waals surface area (Å²) < 4.78 is 9.23. The molecule has 1 aromatic carbocycles. The third kappa shape index (κ3) is 6.68. The highest BCUT2D eigenvalue weighted by Gasteiger charge is 2.37. The van der Waals surface area contributed by atoms with E-state index in [2.05, 4.69) is 65.4 Å². The second kappa shape index (κ2) is 13.5. The Morgan fingerprint density at radius 3 is 2.60 bits per heavy atom. The molecule has 1 saturated heterocycles. The van der Waals surface area contributed by atoms with Crippen LogP contribution in [0.5, 0.6) is 0 Å². The largest absolute Gasteiger partial charge is 0.379 e. The zero-order valence-electron chi connectivity index (χ0n) is 31.0. The van der Waals surface area contributed by atoms with Gasteiger partial charge < -0.3 is 24.5 Å². The normalized spacial score (nSPS) is 17.1. The Hall–Kier alpha value is -5.07. The van der Waals surface area contributed by atoms with Crippen LogP contribution in [0.3, 0.4) is 0 Å². The number of anilines is 4. The maximum absolute atomic E-state index is 13.9. The number of fused-ring (bicyclic) bond motifs is 3. The fourth-order valence-corrected chi connectivity index (χ4v) is 8.04. The van der Waals surface area contributed by atoms with E-state index in [1.165, 1.54) is 21.9 Å². The van der Waals surface area contributed by atoms with Gasteiger partial charge in [-0.3, -0.25) is 24.2 Å². The van der Waals surface area contributed by atoms with Crippen LogP contribution in [0, 0.1) is 12.3 Å². The van der Waals surface area contributed by atoms with Gasteiger partial charge in [-0.2, -0.15) is 0 Å². The Kier molecular flexibility index (Phi) is 9.16. The molecule has 2 N–H and O–H groups in total. The quantitative estimate of drug-likeness (QED) is 0.228. The summed E-state index contributed by atoms with van der Waals surface area (Å²) in [5.41, 5.74) is 7.15. The zero-order valence-corrected chi connectivity index (χ0v) is 31.0. The Labute approximate surface area is 304 Å². The second-order valence-electron chi connectivity index (χ2n) is 15.7. The number of rotatable bonds is 9. The van der Waals surface area contributed by atoms with Gasteiger partial charge in [-0.15, -0.1) is 0 Å². The van der Waals surface area contributed by atoms with Gasteiger partial charge in [0, 0.05) is 85.8 Å². The maximum atomic E-state index is 13.9. The van der Waals surface area contributed by atoms with Crippen LogP contribution in [-0.2, 0) is 41.4 Å². The third-order valence-corrected chi connectivity index (χ3v) is 10.6. The van der Waals surface area contributed by atoms with Crippen LogP contribution in [0.25, 0.3) is 11.3 Å². The molecule has 0 atom stereocenters. The number of benzene rings is 1. The zero-order chi connectivity index (χ0) is 36.9. The number of nitrogens with zero attached hydrogens (tertiary/aromatic N) is 6. The molecule has 52 heavy (non-hydrogen) atoms. The lowest BCUT2D eigenvalue weighted by Gasteiger charge is -2.36. The summed E-state index contributed by atoms with van der Waals surface area (Å²) in [5.74, 6) is 0.328. The minimum absolute atomic E-state index is 0.0575. The van der Waals surface area contributed by atoms with Gasteiger partial charge in [0.1, 0.15) is 11.5 Å². The van der Waals surface area contributed by atoms with Gasteiger partial charge in [0.05, 0.1) is 18.9 Å². The molecule has 0 radical (unpaired) electrons. The van der Waals surface area contributed by atoms with Crippen molar-refractivity contribution in [3.05, 3.63) is 93.8 Å². The number of hydrogen-bond acceptors (Lipinski definition) is 8. The molecule has 5 heterocycles. The molecule has 12 nitrogen and oxygen atoms in total. The fourth-order valence-electron chi connectivity index (χ4n) is 8.04.